The highest BCUT2D eigenvalue weighted by Gasteiger charge is 2.06. The summed E-state index contributed by atoms with van der Waals surface area (Å²) in [5.74, 6) is 0. The number of hydrogen-bond donors (Lipinski definition) is 2. The van der Waals surface area contributed by atoms with Gasteiger partial charge in [-0.2, -0.15) is 5.10 Å². The minimum Gasteiger partial charge on any atom is -0.310 e. The molecule has 0 aliphatic heterocycles. The second-order valence-corrected chi connectivity index (χ2v) is 2.55. The smallest absolute Gasteiger partial charge is 0.0535 e. The van der Waals surface area contributed by atoms with Crippen LogP contribution in [0, 0.1) is 0 Å². The lowest BCUT2D eigenvalue weighted by molar-refractivity contribution is 0.537. The fraction of sp³-hybridized carbons (Fsp3) is 0.625. The van der Waals surface area contributed by atoms with Gasteiger partial charge in [-0.25, -0.2) is 0 Å². The monoisotopic (exact) mass is 153 g/mol. The van der Waals surface area contributed by atoms with Crippen molar-refractivity contribution in [1.29, 1.82) is 0 Å². The van der Waals surface area contributed by atoms with Crippen LogP contribution in [-0.4, -0.2) is 16.7 Å². The second-order valence-electron chi connectivity index (χ2n) is 2.55. The molecular weight excluding hydrogens is 138 g/mol. The molecule has 0 aliphatic rings. The van der Waals surface area contributed by atoms with Crippen LogP contribution < -0.4 is 5.32 Å². The van der Waals surface area contributed by atoms with Gasteiger partial charge in [-0.05, 0) is 13.0 Å². The van der Waals surface area contributed by atoms with E-state index in [9.17, 15) is 0 Å². The summed E-state index contributed by atoms with van der Waals surface area (Å²) in [6.07, 6.45) is 4.92. The van der Waals surface area contributed by atoms with Gasteiger partial charge in [-0.15, -0.1) is 0 Å². The van der Waals surface area contributed by atoms with E-state index in [-0.39, 0.29) is 0 Å². The van der Waals surface area contributed by atoms with Crippen LogP contribution in [0.1, 0.15) is 31.9 Å². The zero-order valence-electron chi connectivity index (χ0n) is 7.09. The average Bonchev–Trinajstić information content (AvgIpc) is 2.52. The van der Waals surface area contributed by atoms with E-state index < -0.39 is 0 Å². The van der Waals surface area contributed by atoms with Gasteiger partial charge in [-0.3, -0.25) is 5.10 Å². The summed E-state index contributed by atoms with van der Waals surface area (Å²) < 4.78 is 0. The average molecular weight is 153 g/mol. The lowest BCUT2D eigenvalue weighted by Gasteiger charge is -2.12. The molecule has 1 atom stereocenters. The van der Waals surface area contributed by atoms with Gasteiger partial charge in [0, 0.05) is 17.8 Å². The van der Waals surface area contributed by atoms with Gasteiger partial charge in [0.25, 0.3) is 0 Å². The van der Waals surface area contributed by atoms with E-state index in [4.69, 9.17) is 0 Å². The van der Waals surface area contributed by atoms with Crippen molar-refractivity contribution in [3.63, 3.8) is 0 Å². The third-order valence-electron chi connectivity index (χ3n) is 1.78. The molecule has 11 heavy (non-hydrogen) atoms. The van der Waals surface area contributed by atoms with Crippen molar-refractivity contribution in [1.82, 2.24) is 15.5 Å². The number of hydrogen-bond acceptors (Lipinski definition) is 2. The Hall–Kier alpha value is -0.830. The lowest BCUT2D eigenvalue weighted by Crippen LogP contribution is -2.19. The van der Waals surface area contributed by atoms with Crippen LogP contribution in [0.4, 0.5) is 0 Å². The van der Waals surface area contributed by atoms with Crippen molar-refractivity contribution < 1.29 is 0 Å². The normalized spacial score (nSPS) is 13.3. The maximum Gasteiger partial charge on any atom is 0.0535 e. The molecule has 0 amide bonds. The first kappa shape index (κ1) is 8.27. The topological polar surface area (TPSA) is 40.7 Å². The summed E-state index contributed by atoms with van der Waals surface area (Å²) in [6.45, 7) is 5.28. The zero-order valence-corrected chi connectivity index (χ0v) is 7.09. The molecule has 0 saturated carbocycles. The van der Waals surface area contributed by atoms with Crippen LogP contribution in [0.5, 0.6) is 0 Å². The van der Waals surface area contributed by atoms with E-state index in [0.717, 1.165) is 13.0 Å². The number of aromatic nitrogens is 2. The van der Waals surface area contributed by atoms with E-state index >= 15 is 0 Å². The third-order valence-corrected chi connectivity index (χ3v) is 1.78. The zero-order chi connectivity index (χ0) is 8.10. The maximum atomic E-state index is 3.91. The predicted molar refractivity (Wildman–Crippen MR) is 45.3 cm³/mol. The molecule has 1 rings (SSSR count). The summed E-state index contributed by atoms with van der Waals surface area (Å²) in [4.78, 5) is 0. The van der Waals surface area contributed by atoms with Crippen molar-refractivity contribution in [3.05, 3.63) is 18.0 Å². The molecule has 3 nitrogen and oxygen atoms in total. The van der Waals surface area contributed by atoms with Crippen LogP contribution >= 0.6 is 0 Å². The van der Waals surface area contributed by atoms with E-state index in [0.29, 0.717) is 6.04 Å². The maximum absolute atomic E-state index is 3.91. The van der Waals surface area contributed by atoms with Gasteiger partial charge in [0.05, 0.1) is 6.20 Å². The number of H-pyrrole nitrogens is 1. The van der Waals surface area contributed by atoms with Crippen molar-refractivity contribution in [2.75, 3.05) is 6.54 Å². The summed E-state index contributed by atoms with van der Waals surface area (Å²) in [7, 11) is 0. The summed E-state index contributed by atoms with van der Waals surface area (Å²) >= 11 is 0. The lowest BCUT2D eigenvalue weighted by atomic mass is 10.1. The van der Waals surface area contributed by atoms with Crippen molar-refractivity contribution in [2.24, 2.45) is 0 Å². The minimum absolute atomic E-state index is 0.457. The Kier molecular flexibility index (Phi) is 3.11. The van der Waals surface area contributed by atoms with E-state index in [1.807, 2.05) is 12.4 Å². The Morgan fingerprint density at radius 3 is 2.91 bits per heavy atom. The molecule has 3 heteroatoms. The number of rotatable bonds is 4. The van der Waals surface area contributed by atoms with Gasteiger partial charge in [-0.1, -0.05) is 13.8 Å². The van der Waals surface area contributed by atoms with Gasteiger partial charge in [0.1, 0.15) is 0 Å². The van der Waals surface area contributed by atoms with Gasteiger partial charge >= 0.3 is 0 Å². The number of nitrogens with zero attached hydrogens (tertiary/aromatic N) is 1. The van der Waals surface area contributed by atoms with Crippen LogP contribution in [-0.2, 0) is 0 Å². The number of aromatic amines is 1. The molecule has 0 aliphatic carbocycles. The van der Waals surface area contributed by atoms with Gasteiger partial charge < -0.3 is 5.32 Å². The Morgan fingerprint density at radius 1 is 1.64 bits per heavy atom. The molecule has 2 N–H and O–H groups in total. The first-order chi connectivity index (χ1) is 5.38. The van der Waals surface area contributed by atoms with Crippen molar-refractivity contribution in [3.8, 4) is 0 Å². The third kappa shape index (κ3) is 2.05. The second kappa shape index (κ2) is 4.13. The SMILES string of the molecule is CCNC(CC)c1cn[nH]c1. The molecule has 0 fully saturated rings. The molecular formula is C8H15N3. The Balaban J connectivity index is 2.56. The summed E-state index contributed by atoms with van der Waals surface area (Å²) in [5.41, 5.74) is 1.24. The van der Waals surface area contributed by atoms with E-state index in [1.165, 1.54) is 5.56 Å². The van der Waals surface area contributed by atoms with Crippen LogP contribution in [0.15, 0.2) is 12.4 Å². The fourth-order valence-electron chi connectivity index (χ4n) is 1.20. The quantitative estimate of drug-likeness (QED) is 0.687. The van der Waals surface area contributed by atoms with Crippen LogP contribution in [0.2, 0.25) is 0 Å². The first-order valence-corrected chi connectivity index (χ1v) is 4.10. The highest BCUT2D eigenvalue weighted by molar-refractivity contribution is 5.08. The molecule has 1 heterocycles. The van der Waals surface area contributed by atoms with E-state index in [1.54, 1.807) is 0 Å². The Bertz CT molecular complexity index is 181. The summed E-state index contributed by atoms with van der Waals surface area (Å²) in [6, 6.07) is 0.457. The first-order valence-electron chi connectivity index (χ1n) is 4.10. The molecule has 62 valence electrons. The Labute approximate surface area is 67.2 Å². The van der Waals surface area contributed by atoms with Crippen LogP contribution in [0.25, 0.3) is 0 Å². The molecule has 0 aromatic carbocycles. The summed E-state index contributed by atoms with van der Waals surface area (Å²) in [5, 5.41) is 10.1. The van der Waals surface area contributed by atoms with Crippen molar-refractivity contribution >= 4 is 0 Å². The molecule has 1 aromatic rings. The molecule has 0 bridgehead atoms. The molecule has 0 spiro atoms. The standard InChI is InChI=1S/C8H15N3/c1-3-8(9-4-2)7-5-10-11-6-7/h5-6,8-9H,3-4H2,1-2H3,(H,10,11). The van der Waals surface area contributed by atoms with Crippen LogP contribution in [0.3, 0.4) is 0 Å². The molecule has 1 aromatic heterocycles. The fourth-order valence-corrected chi connectivity index (χ4v) is 1.20. The highest BCUT2D eigenvalue weighted by atomic mass is 15.1. The predicted octanol–water partition coefficient (Wildman–Crippen LogP) is 1.47. The number of nitrogens with one attached hydrogen (secondary N) is 2. The van der Waals surface area contributed by atoms with E-state index in [2.05, 4.69) is 29.4 Å². The molecule has 1 unspecified atom stereocenters. The molecule has 0 saturated heterocycles. The van der Waals surface area contributed by atoms with Gasteiger partial charge in [0.15, 0.2) is 0 Å². The molecule has 0 radical (unpaired) electrons. The van der Waals surface area contributed by atoms with Crippen molar-refractivity contribution in [2.45, 2.75) is 26.3 Å². The highest BCUT2D eigenvalue weighted by Crippen LogP contribution is 2.13. The largest absolute Gasteiger partial charge is 0.310 e. The minimum atomic E-state index is 0.457. The van der Waals surface area contributed by atoms with Gasteiger partial charge in [0.2, 0.25) is 0 Å². The Morgan fingerprint density at radius 2 is 2.45 bits per heavy atom.